The van der Waals surface area contributed by atoms with E-state index in [0.29, 0.717) is 23.1 Å². The van der Waals surface area contributed by atoms with Gasteiger partial charge in [0.05, 0.1) is 23.4 Å². The lowest BCUT2D eigenvalue weighted by molar-refractivity contribution is -0.119. The summed E-state index contributed by atoms with van der Waals surface area (Å²) >= 11 is 5.85. The Morgan fingerprint density at radius 3 is 2.31 bits per heavy atom. The summed E-state index contributed by atoms with van der Waals surface area (Å²) in [6.45, 7) is 1.87. The molecule has 9 heteroatoms. The van der Waals surface area contributed by atoms with E-state index in [4.69, 9.17) is 16.3 Å². The largest absolute Gasteiger partial charge is 0.494 e. The number of benzene rings is 3. The van der Waals surface area contributed by atoms with Gasteiger partial charge in [-0.1, -0.05) is 41.9 Å². The molecular formula is C23H22ClN3O4S. The third kappa shape index (κ3) is 6.09. The topological polar surface area (TPSA) is 88.1 Å². The number of para-hydroxylation sites is 1. The number of nitrogens with one attached hydrogen (secondary N) is 1. The summed E-state index contributed by atoms with van der Waals surface area (Å²) in [4.78, 5) is 12.6. The number of hydrazone groups is 1. The van der Waals surface area contributed by atoms with E-state index in [1.807, 2.05) is 6.92 Å². The molecule has 0 unspecified atom stereocenters. The van der Waals surface area contributed by atoms with E-state index < -0.39 is 22.5 Å². The monoisotopic (exact) mass is 471 g/mol. The van der Waals surface area contributed by atoms with Crippen molar-refractivity contribution in [3.63, 3.8) is 0 Å². The highest BCUT2D eigenvalue weighted by molar-refractivity contribution is 7.92. The van der Waals surface area contributed by atoms with Crippen LogP contribution in [0.15, 0.2) is 88.9 Å². The lowest BCUT2D eigenvalue weighted by Gasteiger charge is -2.23. The minimum Gasteiger partial charge on any atom is -0.494 e. The van der Waals surface area contributed by atoms with E-state index >= 15 is 0 Å². The van der Waals surface area contributed by atoms with E-state index in [0.717, 1.165) is 9.87 Å². The molecule has 0 bridgehead atoms. The van der Waals surface area contributed by atoms with Crippen LogP contribution in [0.3, 0.4) is 0 Å². The maximum absolute atomic E-state index is 13.3. The molecule has 0 spiro atoms. The van der Waals surface area contributed by atoms with E-state index in [-0.39, 0.29) is 4.90 Å². The van der Waals surface area contributed by atoms with Gasteiger partial charge in [0.1, 0.15) is 12.3 Å². The summed E-state index contributed by atoms with van der Waals surface area (Å²) in [5.41, 5.74) is 3.46. The van der Waals surface area contributed by atoms with Gasteiger partial charge < -0.3 is 4.74 Å². The van der Waals surface area contributed by atoms with Crippen molar-refractivity contribution < 1.29 is 17.9 Å². The van der Waals surface area contributed by atoms with Crippen molar-refractivity contribution in [1.29, 1.82) is 0 Å². The maximum Gasteiger partial charge on any atom is 0.264 e. The molecule has 0 aliphatic carbocycles. The van der Waals surface area contributed by atoms with Crippen molar-refractivity contribution in [3.8, 4) is 5.75 Å². The van der Waals surface area contributed by atoms with Crippen molar-refractivity contribution in [2.24, 2.45) is 5.10 Å². The van der Waals surface area contributed by atoms with Crippen LogP contribution in [0.25, 0.3) is 0 Å². The molecule has 32 heavy (non-hydrogen) atoms. The molecule has 0 aliphatic heterocycles. The van der Waals surface area contributed by atoms with Crippen LogP contribution >= 0.6 is 11.6 Å². The molecule has 7 nitrogen and oxygen atoms in total. The number of carbonyl (C=O) groups excluding carboxylic acids is 1. The van der Waals surface area contributed by atoms with Gasteiger partial charge in [-0.25, -0.2) is 13.8 Å². The molecule has 0 aliphatic rings. The zero-order chi connectivity index (χ0) is 23.0. The van der Waals surface area contributed by atoms with E-state index in [1.165, 1.54) is 18.3 Å². The SMILES string of the molecule is CCOc1ccc(S(=O)(=O)N(CC(=O)N/N=C\c2ccc(Cl)cc2)c2ccccc2)cc1. The fraction of sp³-hybridized carbons (Fsp3) is 0.130. The van der Waals surface area contributed by atoms with Crippen LogP contribution in [-0.2, 0) is 14.8 Å². The van der Waals surface area contributed by atoms with Gasteiger partial charge >= 0.3 is 0 Å². The average Bonchev–Trinajstić information content (AvgIpc) is 2.80. The second kappa shape index (κ2) is 10.8. The Morgan fingerprint density at radius 1 is 1.03 bits per heavy atom. The van der Waals surface area contributed by atoms with Crippen LogP contribution < -0.4 is 14.5 Å². The van der Waals surface area contributed by atoms with Crippen LogP contribution in [0.5, 0.6) is 5.75 Å². The van der Waals surface area contributed by atoms with Crippen LogP contribution in [0, 0.1) is 0 Å². The Kier molecular flexibility index (Phi) is 7.86. The number of nitrogens with zero attached hydrogens (tertiary/aromatic N) is 2. The van der Waals surface area contributed by atoms with Gasteiger partial charge in [-0.15, -0.1) is 0 Å². The minimum absolute atomic E-state index is 0.0438. The molecule has 0 atom stereocenters. The second-order valence-electron chi connectivity index (χ2n) is 6.60. The third-order valence-corrected chi connectivity index (χ3v) is 6.37. The van der Waals surface area contributed by atoms with E-state index in [2.05, 4.69) is 10.5 Å². The first-order valence-corrected chi connectivity index (χ1v) is 11.6. The Bertz CT molecular complexity index is 1170. The van der Waals surface area contributed by atoms with Crippen molar-refractivity contribution in [3.05, 3.63) is 89.4 Å². The summed E-state index contributed by atoms with van der Waals surface area (Å²) in [6.07, 6.45) is 1.45. The van der Waals surface area contributed by atoms with Gasteiger partial charge in [-0.2, -0.15) is 5.10 Å². The highest BCUT2D eigenvalue weighted by atomic mass is 35.5. The predicted octanol–water partition coefficient (Wildman–Crippen LogP) is 4.08. The zero-order valence-electron chi connectivity index (χ0n) is 17.3. The number of carbonyl (C=O) groups is 1. The van der Waals surface area contributed by atoms with Gasteiger partial charge in [0, 0.05) is 5.02 Å². The molecule has 3 aromatic rings. The van der Waals surface area contributed by atoms with Crippen molar-refractivity contribution in [1.82, 2.24) is 5.43 Å². The van der Waals surface area contributed by atoms with Crippen molar-refractivity contribution in [2.45, 2.75) is 11.8 Å². The molecular weight excluding hydrogens is 450 g/mol. The number of hydrogen-bond donors (Lipinski definition) is 1. The van der Waals surface area contributed by atoms with E-state index in [1.54, 1.807) is 66.7 Å². The predicted molar refractivity (Wildman–Crippen MR) is 126 cm³/mol. The maximum atomic E-state index is 13.3. The number of hydrogen-bond acceptors (Lipinski definition) is 5. The molecule has 166 valence electrons. The standard InChI is InChI=1S/C23H22ClN3O4S/c1-2-31-21-12-14-22(15-13-21)32(29,30)27(20-6-4-3-5-7-20)17-23(28)26-25-16-18-8-10-19(24)11-9-18/h3-16H,2,17H2,1H3,(H,26,28)/b25-16-. The normalized spacial score (nSPS) is 11.3. The summed E-state index contributed by atoms with van der Waals surface area (Å²) in [7, 11) is -4.01. The molecule has 0 aromatic heterocycles. The quantitative estimate of drug-likeness (QED) is 0.376. The summed E-state index contributed by atoms with van der Waals surface area (Å²) < 4.78 is 33.0. The Morgan fingerprint density at radius 2 is 1.69 bits per heavy atom. The molecule has 0 saturated carbocycles. The lowest BCUT2D eigenvalue weighted by Crippen LogP contribution is -2.39. The molecule has 0 heterocycles. The Balaban J connectivity index is 1.79. The van der Waals surface area contributed by atoms with Gasteiger partial charge in [0.15, 0.2) is 0 Å². The number of sulfonamides is 1. The Labute approximate surface area is 192 Å². The highest BCUT2D eigenvalue weighted by Crippen LogP contribution is 2.25. The molecule has 0 saturated heterocycles. The second-order valence-corrected chi connectivity index (χ2v) is 8.90. The minimum atomic E-state index is -4.01. The van der Waals surface area contributed by atoms with Crippen molar-refractivity contribution in [2.75, 3.05) is 17.5 Å². The summed E-state index contributed by atoms with van der Waals surface area (Å²) in [6, 6.07) is 21.4. The highest BCUT2D eigenvalue weighted by Gasteiger charge is 2.27. The molecule has 3 aromatic carbocycles. The van der Waals surface area contributed by atoms with Crippen LogP contribution in [-0.4, -0.2) is 33.7 Å². The molecule has 3 rings (SSSR count). The molecule has 1 amide bonds. The third-order valence-electron chi connectivity index (χ3n) is 4.33. The smallest absolute Gasteiger partial charge is 0.264 e. The first-order valence-electron chi connectivity index (χ1n) is 9.78. The van der Waals surface area contributed by atoms with Gasteiger partial charge in [0.25, 0.3) is 15.9 Å². The summed E-state index contributed by atoms with van der Waals surface area (Å²) in [5.74, 6) is -0.0273. The van der Waals surface area contributed by atoms with Gasteiger partial charge in [0.2, 0.25) is 0 Å². The first-order chi connectivity index (χ1) is 15.4. The van der Waals surface area contributed by atoms with Crippen LogP contribution in [0.1, 0.15) is 12.5 Å². The number of amides is 1. The number of ether oxygens (including phenoxy) is 1. The number of halogens is 1. The fourth-order valence-corrected chi connectivity index (χ4v) is 4.35. The van der Waals surface area contributed by atoms with Gasteiger partial charge in [-0.3, -0.25) is 9.10 Å². The fourth-order valence-electron chi connectivity index (χ4n) is 2.80. The average molecular weight is 472 g/mol. The van der Waals surface area contributed by atoms with Crippen molar-refractivity contribution >= 4 is 39.4 Å². The lowest BCUT2D eigenvalue weighted by atomic mass is 10.2. The molecule has 0 fully saturated rings. The molecule has 1 N–H and O–H groups in total. The van der Waals surface area contributed by atoms with Crippen LogP contribution in [0.4, 0.5) is 5.69 Å². The number of rotatable bonds is 9. The van der Waals surface area contributed by atoms with E-state index in [9.17, 15) is 13.2 Å². The summed E-state index contributed by atoms with van der Waals surface area (Å²) in [5, 5.41) is 4.49. The van der Waals surface area contributed by atoms with Gasteiger partial charge in [-0.05, 0) is 61.0 Å². The first kappa shape index (κ1) is 23.3. The molecule has 0 radical (unpaired) electrons. The zero-order valence-corrected chi connectivity index (χ0v) is 18.9. The Hall–Kier alpha value is -3.36. The van der Waals surface area contributed by atoms with Crippen LogP contribution in [0.2, 0.25) is 5.02 Å². The number of anilines is 1.